The van der Waals surface area contributed by atoms with Crippen LogP contribution in [0.5, 0.6) is 5.75 Å². The molecule has 0 fully saturated rings. The maximum Gasteiger partial charge on any atom is 0.255 e. The number of carbonyl (C=O) groups excluding carboxylic acids is 1. The summed E-state index contributed by atoms with van der Waals surface area (Å²) >= 11 is 18.6. The Morgan fingerprint density at radius 1 is 0.938 bits per heavy atom. The average Bonchev–Trinajstić information content (AvgIpc) is 3.23. The van der Waals surface area contributed by atoms with Crippen LogP contribution in [0.15, 0.2) is 79.1 Å². The van der Waals surface area contributed by atoms with Gasteiger partial charge in [0, 0.05) is 27.4 Å². The lowest BCUT2D eigenvalue weighted by atomic mass is 10.1. The predicted octanol–water partition coefficient (Wildman–Crippen LogP) is 6.72. The number of para-hydroxylation sites is 1. The van der Waals surface area contributed by atoms with Crippen LogP contribution in [0.1, 0.15) is 21.5 Å². The minimum absolute atomic E-state index is 0.250. The van der Waals surface area contributed by atoms with Crippen molar-refractivity contribution in [1.29, 1.82) is 0 Å². The molecule has 1 aromatic heterocycles. The molecule has 1 heterocycles. The number of anilines is 1. The SMILES string of the molecule is O=C(Nc1cnn(Cc2c(Cl)cccc2Cl)c1)c1cccc(COc2ccccc2Cl)c1. The van der Waals surface area contributed by atoms with Gasteiger partial charge in [0.05, 0.1) is 23.5 Å². The lowest BCUT2D eigenvalue weighted by Crippen LogP contribution is -2.12. The molecule has 0 radical (unpaired) electrons. The molecule has 4 rings (SSSR count). The molecule has 0 saturated heterocycles. The Balaban J connectivity index is 1.40. The van der Waals surface area contributed by atoms with E-state index >= 15 is 0 Å². The van der Waals surface area contributed by atoms with Crippen LogP contribution in [0, 0.1) is 0 Å². The van der Waals surface area contributed by atoms with Crippen molar-refractivity contribution >= 4 is 46.4 Å². The monoisotopic (exact) mass is 485 g/mol. The Bertz CT molecular complexity index is 1240. The van der Waals surface area contributed by atoms with E-state index in [-0.39, 0.29) is 5.91 Å². The van der Waals surface area contributed by atoms with Crippen molar-refractivity contribution in [3.8, 4) is 5.75 Å². The summed E-state index contributed by atoms with van der Waals surface area (Å²) in [6.45, 7) is 0.685. The number of nitrogens with zero attached hydrogens (tertiary/aromatic N) is 2. The highest BCUT2D eigenvalue weighted by molar-refractivity contribution is 6.36. The molecule has 0 spiro atoms. The second-order valence-electron chi connectivity index (χ2n) is 7.00. The minimum Gasteiger partial charge on any atom is -0.487 e. The summed E-state index contributed by atoms with van der Waals surface area (Å²) in [4.78, 5) is 12.7. The van der Waals surface area contributed by atoms with Crippen molar-refractivity contribution in [3.63, 3.8) is 0 Å². The van der Waals surface area contributed by atoms with Crippen molar-refractivity contribution in [2.24, 2.45) is 0 Å². The summed E-state index contributed by atoms with van der Waals surface area (Å²) in [6.07, 6.45) is 3.30. The number of carbonyl (C=O) groups is 1. The fourth-order valence-corrected chi connectivity index (χ4v) is 3.80. The van der Waals surface area contributed by atoms with E-state index in [2.05, 4.69) is 10.4 Å². The van der Waals surface area contributed by atoms with Crippen molar-refractivity contribution in [1.82, 2.24) is 9.78 Å². The van der Waals surface area contributed by atoms with Crippen LogP contribution in [0.4, 0.5) is 5.69 Å². The molecule has 3 aromatic carbocycles. The minimum atomic E-state index is -0.250. The Kier molecular flexibility index (Phi) is 7.00. The number of aromatic nitrogens is 2. The number of amides is 1. The van der Waals surface area contributed by atoms with Gasteiger partial charge in [-0.15, -0.1) is 0 Å². The number of nitrogens with one attached hydrogen (secondary N) is 1. The number of hydrogen-bond acceptors (Lipinski definition) is 3. The lowest BCUT2D eigenvalue weighted by molar-refractivity contribution is 0.102. The molecule has 1 N–H and O–H groups in total. The van der Waals surface area contributed by atoms with Crippen LogP contribution in [0.2, 0.25) is 15.1 Å². The molecule has 0 bridgehead atoms. The maximum absolute atomic E-state index is 12.7. The smallest absolute Gasteiger partial charge is 0.255 e. The summed E-state index contributed by atoms with van der Waals surface area (Å²) in [7, 11) is 0. The van der Waals surface area contributed by atoms with E-state index in [1.807, 2.05) is 24.3 Å². The quantitative estimate of drug-likeness (QED) is 0.315. The van der Waals surface area contributed by atoms with Crippen LogP contribution < -0.4 is 10.1 Å². The fourth-order valence-electron chi connectivity index (χ4n) is 3.09. The second-order valence-corrected chi connectivity index (χ2v) is 8.22. The van der Waals surface area contributed by atoms with Gasteiger partial charge in [-0.3, -0.25) is 9.48 Å². The molecule has 1 amide bonds. The Hall–Kier alpha value is -2.99. The molecule has 5 nitrogen and oxygen atoms in total. The zero-order valence-electron chi connectivity index (χ0n) is 16.8. The van der Waals surface area contributed by atoms with Crippen LogP contribution >= 0.6 is 34.8 Å². The van der Waals surface area contributed by atoms with E-state index < -0.39 is 0 Å². The number of ether oxygens (including phenoxy) is 1. The molecule has 0 atom stereocenters. The first-order valence-corrected chi connectivity index (χ1v) is 10.9. The molecule has 0 aliphatic rings. The topological polar surface area (TPSA) is 56.2 Å². The summed E-state index contributed by atoms with van der Waals surface area (Å²) in [5.74, 6) is 0.343. The molecule has 32 heavy (non-hydrogen) atoms. The third-order valence-corrected chi connectivity index (χ3v) is 5.71. The van der Waals surface area contributed by atoms with Crippen LogP contribution in [0.3, 0.4) is 0 Å². The average molecular weight is 487 g/mol. The van der Waals surface area contributed by atoms with E-state index in [4.69, 9.17) is 39.5 Å². The highest BCUT2D eigenvalue weighted by atomic mass is 35.5. The molecule has 0 unspecified atom stereocenters. The second kappa shape index (κ2) is 10.1. The summed E-state index contributed by atoms with van der Waals surface area (Å²) in [5, 5.41) is 8.80. The van der Waals surface area contributed by atoms with Gasteiger partial charge in [0.25, 0.3) is 5.91 Å². The van der Waals surface area contributed by atoms with E-state index in [0.29, 0.717) is 45.2 Å². The molecule has 0 aliphatic carbocycles. The normalized spacial score (nSPS) is 10.7. The third kappa shape index (κ3) is 5.43. The van der Waals surface area contributed by atoms with E-state index in [0.717, 1.165) is 11.1 Å². The number of benzene rings is 3. The molecule has 162 valence electrons. The predicted molar refractivity (Wildman–Crippen MR) is 128 cm³/mol. The highest BCUT2D eigenvalue weighted by Gasteiger charge is 2.11. The van der Waals surface area contributed by atoms with Gasteiger partial charge >= 0.3 is 0 Å². The van der Waals surface area contributed by atoms with Gasteiger partial charge in [-0.25, -0.2) is 0 Å². The highest BCUT2D eigenvalue weighted by Crippen LogP contribution is 2.26. The first-order valence-electron chi connectivity index (χ1n) is 9.72. The molecular weight excluding hydrogens is 469 g/mol. The van der Waals surface area contributed by atoms with Gasteiger partial charge in [0.1, 0.15) is 12.4 Å². The number of rotatable bonds is 7. The van der Waals surface area contributed by atoms with Gasteiger partial charge in [-0.05, 0) is 42.0 Å². The fraction of sp³-hybridized carbons (Fsp3) is 0.0833. The van der Waals surface area contributed by atoms with Gasteiger partial charge in [-0.1, -0.05) is 65.1 Å². The van der Waals surface area contributed by atoms with Crippen molar-refractivity contribution < 1.29 is 9.53 Å². The number of halogens is 3. The Morgan fingerprint density at radius 3 is 2.44 bits per heavy atom. The summed E-state index contributed by atoms with van der Waals surface area (Å²) < 4.78 is 7.42. The van der Waals surface area contributed by atoms with Crippen LogP contribution in [-0.4, -0.2) is 15.7 Å². The van der Waals surface area contributed by atoms with Crippen molar-refractivity contribution in [2.45, 2.75) is 13.2 Å². The van der Waals surface area contributed by atoms with Crippen molar-refractivity contribution in [3.05, 3.63) is 111 Å². The van der Waals surface area contributed by atoms with Crippen molar-refractivity contribution in [2.75, 3.05) is 5.32 Å². The Labute approximate surface area is 200 Å². The molecule has 0 aliphatic heterocycles. The maximum atomic E-state index is 12.7. The molecule has 0 saturated carbocycles. The first kappa shape index (κ1) is 22.2. The van der Waals surface area contributed by atoms with Crippen LogP contribution in [0.25, 0.3) is 0 Å². The lowest BCUT2D eigenvalue weighted by Gasteiger charge is -2.09. The van der Waals surface area contributed by atoms with Crippen LogP contribution in [-0.2, 0) is 13.2 Å². The number of hydrogen-bond donors (Lipinski definition) is 1. The van der Waals surface area contributed by atoms with E-state index in [1.54, 1.807) is 59.5 Å². The zero-order chi connectivity index (χ0) is 22.5. The van der Waals surface area contributed by atoms with Gasteiger partial charge < -0.3 is 10.1 Å². The van der Waals surface area contributed by atoms with E-state index in [9.17, 15) is 4.79 Å². The Morgan fingerprint density at radius 2 is 1.66 bits per heavy atom. The zero-order valence-corrected chi connectivity index (χ0v) is 19.0. The molecular formula is C24H18Cl3N3O2. The first-order chi connectivity index (χ1) is 15.5. The summed E-state index contributed by atoms with van der Waals surface area (Å²) in [5.41, 5.74) is 2.69. The van der Waals surface area contributed by atoms with Gasteiger partial charge in [-0.2, -0.15) is 5.10 Å². The van der Waals surface area contributed by atoms with Gasteiger partial charge in [0.15, 0.2) is 0 Å². The van der Waals surface area contributed by atoms with Gasteiger partial charge in [0.2, 0.25) is 0 Å². The largest absolute Gasteiger partial charge is 0.487 e. The summed E-state index contributed by atoms with van der Waals surface area (Å²) in [6, 6.07) is 19.8. The standard InChI is InChI=1S/C24H18Cl3N3O2/c25-20-8-4-9-21(26)19(20)14-30-13-18(12-28-30)29-24(31)17-6-3-5-16(11-17)15-32-23-10-2-1-7-22(23)27/h1-13H,14-15H2,(H,29,31). The third-order valence-electron chi connectivity index (χ3n) is 4.69. The van der Waals surface area contributed by atoms with E-state index in [1.165, 1.54) is 0 Å². The molecule has 4 aromatic rings. The molecule has 8 heteroatoms.